The lowest BCUT2D eigenvalue weighted by atomic mass is 10.0. The molecule has 2 rings (SSSR count). The molecule has 2 aromatic rings. The Bertz CT molecular complexity index is 558. The maximum Gasteiger partial charge on any atom is 0.220 e. The Labute approximate surface area is 99.5 Å². The number of rotatable bonds is 2. The van der Waals surface area contributed by atoms with Gasteiger partial charge in [0.2, 0.25) is 5.95 Å². The zero-order valence-electron chi connectivity index (χ0n) is 9.77. The molecule has 0 amide bonds. The van der Waals surface area contributed by atoms with Crippen LogP contribution in [0.1, 0.15) is 23.0 Å². The Hall–Kier alpha value is -2.23. The predicted molar refractivity (Wildman–Crippen MR) is 66.6 cm³/mol. The first-order valence-electron chi connectivity index (χ1n) is 5.29. The van der Waals surface area contributed by atoms with Crippen molar-refractivity contribution in [1.82, 2.24) is 9.97 Å². The van der Waals surface area contributed by atoms with Gasteiger partial charge < -0.3 is 5.73 Å². The molecule has 0 saturated heterocycles. The zero-order chi connectivity index (χ0) is 12.4. The van der Waals surface area contributed by atoms with E-state index in [2.05, 4.69) is 9.97 Å². The molecule has 17 heavy (non-hydrogen) atoms. The van der Waals surface area contributed by atoms with Crippen LogP contribution < -0.4 is 5.73 Å². The fraction of sp³-hybridized carbons (Fsp3) is 0.154. The quantitative estimate of drug-likeness (QED) is 0.799. The van der Waals surface area contributed by atoms with Gasteiger partial charge in [-0.15, -0.1) is 0 Å². The van der Waals surface area contributed by atoms with Crippen LogP contribution in [-0.2, 0) is 0 Å². The van der Waals surface area contributed by atoms with Crippen LogP contribution in [0, 0.1) is 6.92 Å². The fourth-order valence-corrected chi connectivity index (χ4v) is 1.74. The third-order valence-electron chi connectivity index (χ3n) is 2.45. The lowest BCUT2D eigenvalue weighted by Crippen LogP contribution is -2.01. The van der Waals surface area contributed by atoms with E-state index >= 15 is 0 Å². The van der Waals surface area contributed by atoms with E-state index in [1.54, 1.807) is 6.07 Å². The molecular formula is C13H13N3O. The third kappa shape index (κ3) is 2.30. The summed E-state index contributed by atoms with van der Waals surface area (Å²) < 4.78 is 0. The fourth-order valence-electron chi connectivity index (χ4n) is 1.74. The Morgan fingerprint density at radius 3 is 2.59 bits per heavy atom. The standard InChI is InChI=1S/C13H13N3O/c1-8-7-12(16-13(14)15-8)11-6-4-3-5-10(11)9(2)17/h3-7H,1-2H3,(H2,14,15,16). The number of ketones is 1. The molecule has 1 aromatic heterocycles. The summed E-state index contributed by atoms with van der Waals surface area (Å²) in [5.74, 6) is 0.230. The molecule has 0 fully saturated rings. The van der Waals surface area contributed by atoms with Gasteiger partial charge in [-0.2, -0.15) is 0 Å². The zero-order valence-corrected chi connectivity index (χ0v) is 9.77. The Morgan fingerprint density at radius 2 is 1.94 bits per heavy atom. The van der Waals surface area contributed by atoms with Gasteiger partial charge in [-0.3, -0.25) is 4.79 Å². The average Bonchev–Trinajstić information content (AvgIpc) is 2.27. The van der Waals surface area contributed by atoms with Gasteiger partial charge in [-0.1, -0.05) is 24.3 Å². The topological polar surface area (TPSA) is 68.9 Å². The van der Waals surface area contributed by atoms with Gasteiger partial charge in [0.05, 0.1) is 5.69 Å². The molecule has 4 heteroatoms. The summed E-state index contributed by atoms with van der Waals surface area (Å²) in [7, 11) is 0. The first-order chi connectivity index (χ1) is 8.08. The third-order valence-corrected chi connectivity index (χ3v) is 2.45. The van der Waals surface area contributed by atoms with Crippen molar-refractivity contribution in [3.8, 4) is 11.3 Å². The van der Waals surface area contributed by atoms with Crippen molar-refractivity contribution in [2.75, 3.05) is 5.73 Å². The summed E-state index contributed by atoms with van der Waals surface area (Å²) in [4.78, 5) is 19.7. The molecule has 0 spiro atoms. The van der Waals surface area contributed by atoms with Gasteiger partial charge in [0.25, 0.3) is 0 Å². The molecule has 4 nitrogen and oxygen atoms in total. The minimum Gasteiger partial charge on any atom is -0.368 e. The first kappa shape index (κ1) is 11.3. The van der Waals surface area contributed by atoms with Crippen LogP contribution in [0.5, 0.6) is 0 Å². The van der Waals surface area contributed by atoms with Crippen molar-refractivity contribution in [1.29, 1.82) is 0 Å². The molecule has 0 radical (unpaired) electrons. The van der Waals surface area contributed by atoms with Gasteiger partial charge in [0, 0.05) is 16.8 Å². The highest BCUT2D eigenvalue weighted by molar-refractivity contribution is 6.00. The summed E-state index contributed by atoms with van der Waals surface area (Å²) in [6, 6.07) is 9.16. The predicted octanol–water partition coefficient (Wildman–Crippen LogP) is 2.24. The number of hydrogen-bond donors (Lipinski definition) is 1. The molecule has 0 atom stereocenters. The van der Waals surface area contributed by atoms with Gasteiger partial charge in [0.1, 0.15) is 0 Å². The number of carbonyl (C=O) groups is 1. The Balaban J connectivity index is 2.64. The maximum absolute atomic E-state index is 11.5. The molecule has 2 N–H and O–H groups in total. The van der Waals surface area contributed by atoms with Crippen LogP contribution in [-0.4, -0.2) is 15.8 Å². The number of nitrogens with two attached hydrogens (primary N) is 1. The number of nitrogens with zero attached hydrogens (tertiary/aromatic N) is 2. The van der Waals surface area contributed by atoms with Crippen molar-refractivity contribution < 1.29 is 4.79 Å². The smallest absolute Gasteiger partial charge is 0.220 e. The number of nitrogen functional groups attached to an aromatic ring is 1. The van der Waals surface area contributed by atoms with E-state index in [4.69, 9.17) is 5.73 Å². The van der Waals surface area contributed by atoms with Crippen LogP contribution in [0.4, 0.5) is 5.95 Å². The van der Waals surface area contributed by atoms with Crippen LogP contribution in [0.2, 0.25) is 0 Å². The maximum atomic E-state index is 11.5. The lowest BCUT2D eigenvalue weighted by Gasteiger charge is -2.07. The van der Waals surface area contributed by atoms with Crippen molar-refractivity contribution in [3.63, 3.8) is 0 Å². The van der Waals surface area contributed by atoms with Crippen molar-refractivity contribution in [2.24, 2.45) is 0 Å². The van der Waals surface area contributed by atoms with E-state index < -0.39 is 0 Å². The van der Waals surface area contributed by atoms with Crippen molar-refractivity contribution in [2.45, 2.75) is 13.8 Å². The molecule has 1 heterocycles. The van der Waals surface area contributed by atoms with E-state index in [1.807, 2.05) is 31.2 Å². The Morgan fingerprint density at radius 1 is 1.24 bits per heavy atom. The minimum atomic E-state index is 0.00966. The average molecular weight is 227 g/mol. The molecule has 86 valence electrons. The summed E-state index contributed by atoms with van der Waals surface area (Å²) in [6.07, 6.45) is 0. The number of hydrogen-bond acceptors (Lipinski definition) is 4. The minimum absolute atomic E-state index is 0.00966. The first-order valence-corrected chi connectivity index (χ1v) is 5.29. The molecule has 1 aromatic carbocycles. The van der Waals surface area contributed by atoms with E-state index in [0.717, 1.165) is 11.3 Å². The van der Waals surface area contributed by atoms with Gasteiger partial charge in [0.15, 0.2) is 5.78 Å². The molecule has 0 aliphatic rings. The second-order valence-corrected chi connectivity index (χ2v) is 3.85. The summed E-state index contributed by atoms with van der Waals surface area (Å²) in [5, 5.41) is 0. The molecule has 0 aliphatic carbocycles. The van der Waals surface area contributed by atoms with Gasteiger partial charge in [-0.05, 0) is 19.9 Å². The van der Waals surface area contributed by atoms with E-state index in [1.165, 1.54) is 6.92 Å². The number of aryl methyl sites for hydroxylation is 1. The van der Waals surface area contributed by atoms with E-state index in [-0.39, 0.29) is 11.7 Å². The highest BCUT2D eigenvalue weighted by atomic mass is 16.1. The second kappa shape index (κ2) is 4.33. The summed E-state index contributed by atoms with van der Waals surface area (Å²) >= 11 is 0. The summed E-state index contributed by atoms with van der Waals surface area (Å²) in [5.41, 5.74) is 8.51. The van der Waals surface area contributed by atoms with Crippen molar-refractivity contribution in [3.05, 3.63) is 41.6 Å². The number of carbonyl (C=O) groups excluding carboxylic acids is 1. The number of benzene rings is 1. The van der Waals surface area contributed by atoms with E-state index in [0.29, 0.717) is 11.3 Å². The number of Topliss-reactive ketones (excluding diaryl/α,β-unsaturated/α-hetero) is 1. The van der Waals surface area contributed by atoms with Gasteiger partial charge >= 0.3 is 0 Å². The van der Waals surface area contributed by atoms with Crippen LogP contribution in [0.3, 0.4) is 0 Å². The normalized spacial score (nSPS) is 10.2. The monoisotopic (exact) mass is 227 g/mol. The lowest BCUT2D eigenvalue weighted by molar-refractivity contribution is 0.101. The largest absolute Gasteiger partial charge is 0.368 e. The SMILES string of the molecule is CC(=O)c1ccccc1-c1cc(C)nc(N)n1. The molecule has 0 unspecified atom stereocenters. The molecule has 0 saturated carbocycles. The van der Waals surface area contributed by atoms with Crippen LogP contribution >= 0.6 is 0 Å². The van der Waals surface area contributed by atoms with E-state index in [9.17, 15) is 4.79 Å². The van der Waals surface area contributed by atoms with Crippen LogP contribution in [0.15, 0.2) is 30.3 Å². The highest BCUT2D eigenvalue weighted by Crippen LogP contribution is 2.23. The number of aromatic nitrogens is 2. The second-order valence-electron chi connectivity index (χ2n) is 3.85. The van der Waals surface area contributed by atoms with Gasteiger partial charge in [-0.25, -0.2) is 9.97 Å². The molecule has 0 bridgehead atoms. The highest BCUT2D eigenvalue weighted by Gasteiger charge is 2.10. The molecule has 0 aliphatic heterocycles. The Kier molecular flexibility index (Phi) is 2.87. The number of anilines is 1. The van der Waals surface area contributed by atoms with Crippen LogP contribution in [0.25, 0.3) is 11.3 Å². The van der Waals surface area contributed by atoms with Crippen molar-refractivity contribution >= 4 is 11.7 Å². The summed E-state index contributed by atoms with van der Waals surface area (Å²) in [6.45, 7) is 3.38. The molecular weight excluding hydrogens is 214 g/mol.